The predicted octanol–water partition coefficient (Wildman–Crippen LogP) is 1.67. The number of aromatic nitrogens is 3. The molecule has 1 aliphatic rings. The molecule has 1 atom stereocenters. The lowest BCUT2D eigenvalue weighted by atomic mass is 10.0. The smallest absolute Gasteiger partial charge is 0.321 e. The van der Waals surface area contributed by atoms with Crippen LogP contribution in [0.15, 0.2) is 12.1 Å². The molecule has 0 bridgehead atoms. The van der Waals surface area contributed by atoms with Gasteiger partial charge >= 0.3 is 6.18 Å². The number of benzene rings is 1. The van der Waals surface area contributed by atoms with Crippen molar-refractivity contribution in [1.29, 1.82) is 0 Å². The van der Waals surface area contributed by atoms with E-state index < -0.39 is 41.3 Å². The minimum atomic E-state index is -4.66. The number of alkyl halides is 3. The molecule has 2 heterocycles. The summed E-state index contributed by atoms with van der Waals surface area (Å²) < 4.78 is 79.0. The molecular formula is C16H15F6N5O. The maximum absolute atomic E-state index is 13.7. The van der Waals surface area contributed by atoms with E-state index in [1.54, 1.807) is 0 Å². The molecule has 0 radical (unpaired) electrons. The number of halogens is 6. The number of hydrogen-bond acceptors (Lipinski definition) is 5. The van der Waals surface area contributed by atoms with E-state index >= 15 is 0 Å². The van der Waals surface area contributed by atoms with Crippen LogP contribution in [0.4, 0.5) is 26.3 Å². The van der Waals surface area contributed by atoms with Crippen molar-refractivity contribution in [2.45, 2.75) is 31.7 Å². The summed E-state index contributed by atoms with van der Waals surface area (Å²) in [5.74, 6) is -5.34. The zero-order valence-electron chi connectivity index (χ0n) is 14.3. The third-order valence-electron chi connectivity index (χ3n) is 4.32. The number of carbonyl (C=O) groups is 1. The molecule has 6 nitrogen and oxygen atoms in total. The highest BCUT2D eigenvalue weighted by Crippen LogP contribution is 2.27. The van der Waals surface area contributed by atoms with Gasteiger partial charge in [0.05, 0.1) is 25.7 Å². The quantitative estimate of drug-likeness (QED) is 0.603. The highest BCUT2D eigenvalue weighted by molar-refractivity contribution is 5.86. The van der Waals surface area contributed by atoms with Crippen molar-refractivity contribution in [2.24, 2.45) is 5.73 Å². The Kier molecular flexibility index (Phi) is 5.44. The number of nitrogens with two attached hydrogens (primary N) is 1. The number of Topliss-reactive ketones (excluding diaryl/α,β-unsaturated/α-hetero) is 1. The summed E-state index contributed by atoms with van der Waals surface area (Å²) in [6.45, 7) is 0.103. The Morgan fingerprint density at radius 1 is 1.14 bits per heavy atom. The van der Waals surface area contributed by atoms with Crippen LogP contribution < -0.4 is 5.73 Å². The molecule has 152 valence electrons. The Morgan fingerprint density at radius 3 is 2.50 bits per heavy atom. The van der Waals surface area contributed by atoms with Crippen molar-refractivity contribution in [2.75, 3.05) is 13.1 Å². The Labute approximate surface area is 154 Å². The van der Waals surface area contributed by atoms with E-state index in [1.807, 2.05) is 0 Å². The number of fused-ring (bicyclic) bond motifs is 1. The van der Waals surface area contributed by atoms with Crippen molar-refractivity contribution >= 4 is 5.78 Å². The average molecular weight is 407 g/mol. The molecule has 2 aromatic rings. The van der Waals surface area contributed by atoms with E-state index in [-0.39, 0.29) is 44.0 Å². The molecule has 1 aliphatic heterocycles. The number of ketones is 1. The molecule has 0 saturated heterocycles. The zero-order chi connectivity index (χ0) is 20.6. The summed E-state index contributed by atoms with van der Waals surface area (Å²) in [7, 11) is 0. The molecule has 1 aromatic heterocycles. The second kappa shape index (κ2) is 7.51. The Balaban J connectivity index is 1.62. The number of hydrogen-bond donors (Lipinski definition) is 1. The van der Waals surface area contributed by atoms with Gasteiger partial charge in [0.1, 0.15) is 11.6 Å². The maximum atomic E-state index is 13.7. The van der Waals surface area contributed by atoms with Gasteiger partial charge in [-0.05, 0) is 18.1 Å². The molecule has 12 heteroatoms. The Morgan fingerprint density at radius 2 is 1.82 bits per heavy atom. The first-order chi connectivity index (χ1) is 13.0. The molecule has 1 aromatic carbocycles. The summed E-state index contributed by atoms with van der Waals surface area (Å²) in [5.41, 5.74) is 5.50. The van der Waals surface area contributed by atoms with E-state index in [9.17, 15) is 31.1 Å². The fourth-order valence-corrected chi connectivity index (χ4v) is 2.85. The van der Waals surface area contributed by atoms with Crippen LogP contribution in [0.3, 0.4) is 0 Å². The summed E-state index contributed by atoms with van der Waals surface area (Å²) in [4.78, 5) is 17.2. The standard InChI is InChI=1S/C16H15F6N5O/c17-9-5-11(19)10(18)3-8(9)4-12(23)13(28)6-26-1-2-27-14(7-26)24-15(25-27)16(20,21)22/h3,5,12H,1-2,4,6-7,23H2/t12-/m1/s1. The molecule has 0 amide bonds. The third-order valence-corrected chi connectivity index (χ3v) is 4.32. The molecule has 3 rings (SSSR count). The van der Waals surface area contributed by atoms with E-state index in [2.05, 4.69) is 10.1 Å². The highest BCUT2D eigenvalue weighted by atomic mass is 19.4. The van der Waals surface area contributed by atoms with Crippen LogP contribution in [-0.4, -0.2) is 44.6 Å². The van der Waals surface area contributed by atoms with Gasteiger partial charge in [0.25, 0.3) is 5.82 Å². The second-order valence-electron chi connectivity index (χ2n) is 6.42. The first-order valence-electron chi connectivity index (χ1n) is 8.19. The first kappa shape index (κ1) is 20.3. The van der Waals surface area contributed by atoms with Crippen LogP contribution in [0.2, 0.25) is 0 Å². The van der Waals surface area contributed by atoms with Crippen LogP contribution in [0.5, 0.6) is 0 Å². The second-order valence-corrected chi connectivity index (χ2v) is 6.42. The Bertz CT molecular complexity index is 896. The fraction of sp³-hybridized carbons (Fsp3) is 0.438. The van der Waals surface area contributed by atoms with Gasteiger partial charge < -0.3 is 5.73 Å². The summed E-state index contributed by atoms with van der Waals surface area (Å²) in [6.07, 6.45) is -5.01. The molecule has 0 aliphatic carbocycles. The van der Waals surface area contributed by atoms with Crippen LogP contribution in [0.25, 0.3) is 0 Å². The van der Waals surface area contributed by atoms with Crippen LogP contribution >= 0.6 is 0 Å². The lowest BCUT2D eigenvalue weighted by Gasteiger charge is -2.26. The largest absolute Gasteiger partial charge is 0.453 e. The van der Waals surface area contributed by atoms with Gasteiger partial charge in [0.2, 0.25) is 0 Å². The van der Waals surface area contributed by atoms with Gasteiger partial charge in [0, 0.05) is 12.6 Å². The molecule has 0 fully saturated rings. The Hall–Kier alpha value is -2.47. The van der Waals surface area contributed by atoms with Gasteiger partial charge in [0.15, 0.2) is 17.4 Å². The van der Waals surface area contributed by atoms with E-state index in [1.165, 1.54) is 4.90 Å². The van der Waals surface area contributed by atoms with Gasteiger partial charge in [-0.1, -0.05) is 0 Å². The van der Waals surface area contributed by atoms with Crippen molar-refractivity contribution in [3.8, 4) is 0 Å². The predicted molar refractivity (Wildman–Crippen MR) is 83.3 cm³/mol. The third kappa shape index (κ3) is 4.33. The molecule has 0 spiro atoms. The number of carbonyl (C=O) groups excluding carboxylic acids is 1. The SMILES string of the molecule is N[C@H](Cc1cc(F)c(F)cc1F)C(=O)CN1CCn2nc(C(F)(F)F)nc2C1. The van der Waals surface area contributed by atoms with Gasteiger partial charge in [-0.15, -0.1) is 5.10 Å². The lowest BCUT2D eigenvalue weighted by molar-refractivity contribution is -0.145. The molecule has 28 heavy (non-hydrogen) atoms. The van der Waals surface area contributed by atoms with Crippen molar-refractivity contribution < 1.29 is 31.1 Å². The van der Waals surface area contributed by atoms with E-state index in [0.29, 0.717) is 12.1 Å². The van der Waals surface area contributed by atoms with Gasteiger partial charge in [-0.25, -0.2) is 22.8 Å². The molecule has 0 unspecified atom stereocenters. The summed E-state index contributed by atoms with van der Waals surface area (Å²) >= 11 is 0. The van der Waals surface area contributed by atoms with Crippen LogP contribution in [-0.2, 0) is 30.5 Å². The van der Waals surface area contributed by atoms with Crippen LogP contribution in [0, 0.1) is 17.5 Å². The maximum Gasteiger partial charge on any atom is 0.453 e. The summed E-state index contributed by atoms with van der Waals surface area (Å²) in [6, 6.07) is -0.179. The van der Waals surface area contributed by atoms with Crippen molar-refractivity contribution in [1.82, 2.24) is 19.7 Å². The highest BCUT2D eigenvalue weighted by Gasteiger charge is 2.38. The molecular weight excluding hydrogens is 392 g/mol. The summed E-state index contributed by atoms with van der Waals surface area (Å²) in [5, 5.41) is 3.39. The zero-order valence-corrected chi connectivity index (χ0v) is 14.3. The van der Waals surface area contributed by atoms with Crippen molar-refractivity contribution in [3.63, 3.8) is 0 Å². The lowest BCUT2D eigenvalue weighted by Crippen LogP contribution is -2.44. The normalized spacial score (nSPS) is 16.1. The van der Waals surface area contributed by atoms with Gasteiger partial charge in [-0.2, -0.15) is 13.2 Å². The minimum absolute atomic E-state index is 0.0406. The van der Waals surface area contributed by atoms with E-state index in [4.69, 9.17) is 5.73 Å². The number of rotatable bonds is 5. The van der Waals surface area contributed by atoms with Crippen LogP contribution in [0.1, 0.15) is 17.2 Å². The average Bonchev–Trinajstić information content (AvgIpc) is 3.03. The molecule has 0 saturated carbocycles. The fourth-order valence-electron chi connectivity index (χ4n) is 2.85. The topological polar surface area (TPSA) is 77.0 Å². The van der Waals surface area contributed by atoms with E-state index in [0.717, 1.165) is 4.68 Å². The molecule has 2 N–H and O–H groups in total. The minimum Gasteiger partial charge on any atom is -0.321 e. The first-order valence-corrected chi connectivity index (χ1v) is 8.19. The van der Waals surface area contributed by atoms with Gasteiger partial charge in [-0.3, -0.25) is 9.69 Å². The monoisotopic (exact) mass is 407 g/mol. The number of nitrogens with zero attached hydrogens (tertiary/aromatic N) is 4. The van der Waals surface area contributed by atoms with Crippen molar-refractivity contribution in [3.05, 3.63) is 46.8 Å².